The molecule has 68 valence electrons. The fourth-order valence-electron chi connectivity index (χ4n) is 1.16. The van der Waals surface area contributed by atoms with Crippen LogP contribution in [0.1, 0.15) is 6.42 Å². The molecule has 12 heavy (non-hydrogen) atoms. The van der Waals surface area contributed by atoms with Crippen LogP contribution in [0.5, 0.6) is 0 Å². The Labute approximate surface area is 77.3 Å². The smallest absolute Gasteiger partial charge is 0.319 e. The number of carbonyl (C=O) groups is 1. The van der Waals surface area contributed by atoms with E-state index < -0.39 is 0 Å². The third kappa shape index (κ3) is 2.07. The van der Waals surface area contributed by atoms with Crippen molar-refractivity contribution in [2.75, 3.05) is 26.7 Å². The van der Waals surface area contributed by atoms with Crippen molar-refractivity contribution in [3.05, 3.63) is 0 Å². The molecular formula is C7H13N3OS. The van der Waals surface area contributed by atoms with Crippen molar-refractivity contribution in [1.82, 2.24) is 9.80 Å². The first-order valence-electron chi connectivity index (χ1n) is 3.89. The predicted molar refractivity (Wildman–Crippen MR) is 51.0 cm³/mol. The molecule has 1 aliphatic heterocycles. The average molecular weight is 187 g/mol. The number of hydrogen-bond acceptors (Lipinski definition) is 2. The number of amides is 2. The van der Waals surface area contributed by atoms with Gasteiger partial charge in [0, 0.05) is 33.1 Å². The minimum absolute atomic E-state index is 0.0752. The Hall–Kier alpha value is -0.840. The van der Waals surface area contributed by atoms with Crippen LogP contribution >= 0.6 is 12.2 Å². The SMILES string of the molecule is CN1CCN(CCC(N)=S)C1=O. The number of urea groups is 1. The molecule has 1 saturated heterocycles. The molecule has 2 N–H and O–H groups in total. The normalized spacial score (nSPS) is 17.2. The van der Waals surface area contributed by atoms with Gasteiger partial charge < -0.3 is 15.5 Å². The highest BCUT2D eigenvalue weighted by Crippen LogP contribution is 2.05. The van der Waals surface area contributed by atoms with Crippen molar-refractivity contribution in [1.29, 1.82) is 0 Å². The molecule has 0 unspecified atom stereocenters. The highest BCUT2D eigenvalue weighted by molar-refractivity contribution is 7.80. The fourth-order valence-corrected chi connectivity index (χ4v) is 1.25. The minimum atomic E-state index is 0.0752. The Bertz CT molecular complexity index is 207. The maximum absolute atomic E-state index is 11.3. The highest BCUT2D eigenvalue weighted by atomic mass is 32.1. The zero-order valence-electron chi connectivity index (χ0n) is 7.12. The monoisotopic (exact) mass is 187 g/mol. The van der Waals surface area contributed by atoms with Gasteiger partial charge in [-0.1, -0.05) is 12.2 Å². The highest BCUT2D eigenvalue weighted by Gasteiger charge is 2.24. The van der Waals surface area contributed by atoms with Crippen LogP contribution in [0.4, 0.5) is 4.79 Å². The molecular weight excluding hydrogens is 174 g/mol. The van der Waals surface area contributed by atoms with Crippen molar-refractivity contribution in [3.8, 4) is 0 Å². The summed E-state index contributed by atoms with van der Waals surface area (Å²) in [6.07, 6.45) is 0.620. The Morgan fingerprint density at radius 1 is 1.67 bits per heavy atom. The minimum Gasteiger partial charge on any atom is -0.393 e. The van der Waals surface area contributed by atoms with E-state index in [-0.39, 0.29) is 6.03 Å². The maximum atomic E-state index is 11.3. The summed E-state index contributed by atoms with van der Waals surface area (Å²) in [6, 6.07) is 0.0752. The Morgan fingerprint density at radius 3 is 2.75 bits per heavy atom. The number of carbonyl (C=O) groups excluding carboxylic acids is 1. The second-order valence-electron chi connectivity index (χ2n) is 2.91. The first kappa shape index (κ1) is 9.25. The number of thiocarbonyl (C=S) groups is 1. The van der Waals surface area contributed by atoms with Gasteiger partial charge in [0.25, 0.3) is 0 Å². The molecule has 1 rings (SSSR count). The van der Waals surface area contributed by atoms with Gasteiger partial charge in [-0.3, -0.25) is 0 Å². The summed E-state index contributed by atoms with van der Waals surface area (Å²) in [6.45, 7) is 2.24. The fraction of sp³-hybridized carbons (Fsp3) is 0.714. The Balaban J connectivity index is 2.34. The molecule has 0 spiro atoms. The molecule has 0 aliphatic carbocycles. The van der Waals surface area contributed by atoms with Crippen LogP contribution in [0.3, 0.4) is 0 Å². The number of nitrogens with zero attached hydrogens (tertiary/aromatic N) is 2. The molecule has 0 aromatic heterocycles. The molecule has 0 atom stereocenters. The summed E-state index contributed by atoms with van der Waals surface area (Å²) in [4.78, 5) is 15.2. The van der Waals surface area contributed by atoms with Crippen molar-refractivity contribution >= 4 is 23.2 Å². The summed E-state index contributed by atoms with van der Waals surface area (Å²) in [5, 5.41) is 0. The lowest BCUT2D eigenvalue weighted by Crippen LogP contribution is -2.31. The lowest BCUT2D eigenvalue weighted by molar-refractivity contribution is 0.199. The van der Waals surface area contributed by atoms with E-state index in [9.17, 15) is 4.79 Å². The molecule has 0 bridgehead atoms. The van der Waals surface area contributed by atoms with Crippen molar-refractivity contribution in [2.24, 2.45) is 5.73 Å². The second kappa shape index (κ2) is 3.71. The van der Waals surface area contributed by atoms with E-state index in [0.29, 0.717) is 18.0 Å². The Morgan fingerprint density at radius 2 is 2.33 bits per heavy atom. The number of likely N-dealkylation sites (N-methyl/N-ethyl adjacent to an activating group) is 1. The zero-order chi connectivity index (χ0) is 9.14. The molecule has 0 aromatic rings. The zero-order valence-corrected chi connectivity index (χ0v) is 7.93. The Kier molecular flexibility index (Phi) is 2.86. The van der Waals surface area contributed by atoms with Crippen LogP contribution in [0, 0.1) is 0 Å². The average Bonchev–Trinajstić information content (AvgIpc) is 2.30. The summed E-state index contributed by atoms with van der Waals surface area (Å²) in [5.41, 5.74) is 5.33. The molecule has 1 heterocycles. The van der Waals surface area contributed by atoms with E-state index in [1.54, 1.807) is 16.8 Å². The lowest BCUT2D eigenvalue weighted by Gasteiger charge is -2.14. The van der Waals surface area contributed by atoms with Crippen LogP contribution in [0.15, 0.2) is 0 Å². The van der Waals surface area contributed by atoms with Gasteiger partial charge in [-0.2, -0.15) is 0 Å². The van der Waals surface area contributed by atoms with E-state index in [1.165, 1.54) is 0 Å². The van der Waals surface area contributed by atoms with Gasteiger partial charge in [0.05, 0.1) is 4.99 Å². The van der Waals surface area contributed by atoms with Gasteiger partial charge in [0.15, 0.2) is 0 Å². The molecule has 5 heteroatoms. The van der Waals surface area contributed by atoms with E-state index >= 15 is 0 Å². The molecule has 2 amide bonds. The molecule has 0 aromatic carbocycles. The van der Waals surface area contributed by atoms with Crippen LogP contribution in [0.2, 0.25) is 0 Å². The molecule has 4 nitrogen and oxygen atoms in total. The van der Waals surface area contributed by atoms with Crippen LogP contribution in [-0.2, 0) is 0 Å². The van der Waals surface area contributed by atoms with Crippen LogP contribution in [-0.4, -0.2) is 47.5 Å². The van der Waals surface area contributed by atoms with Gasteiger partial charge in [-0.05, 0) is 0 Å². The van der Waals surface area contributed by atoms with Gasteiger partial charge >= 0.3 is 6.03 Å². The second-order valence-corrected chi connectivity index (χ2v) is 3.43. The largest absolute Gasteiger partial charge is 0.393 e. The number of nitrogens with two attached hydrogens (primary N) is 1. The van der Waals surface area contributed by atoms with Gasteiger partial charge in [0.2, 0.25) is 0 Å². The summed E-state index contributed by atoms with van der Waals surface area (Å²) in [7, 11) is 1.79. The van der Waals surface area contributed by atoms with Gasteiger partial charge in [-0.25, -0.2) is 4.79 Å². The lowest BCUT2D eigenvalue weighted by atomic mass is 10.4. The van der Waals surface area contributed by atoms with E-state index in [2.05, 4.69) is 0 Å². The summed E-state index contributed by atoms with van der Waals surface area (Å²) < 4.78 is 0. The maximum Gasteiger partial charge on any atom is 0.319 e. The predicted octanol–water partition coefficient (Wildman–Crippen LogP) is 0.0300. The van der Waals surface area contributed by atoms with E-state index in [4.69, 9.17) is 18.0 Å². The standard InChI is InChI=1S/C7H13N3OS/c1-9-4-5-10(7(9)11)3-2-6(8)12/h2-5H2,1H3,(H2,8,12). The summed E-state index contributed by atoms with van der Waals surface area (Å²) in [5.74, 6) is 0. The third-order valence-electron chi connectivity index (χ3n) is 1.93. The van der Waals surface area contributed by atoms with Gasteiger partial charge in [0.1, 0.15) is 0 Å². The quantitative estimate of drug-likeness (QED) is 0.634. The van der Waals surface area contributed by atoms with Crippen LogP contribution < -0.4 is 5.73 Å². The number of rotatable bonds is 3. The van der Waals surface area contributed by atoms with Crippen molar-refractivity contribution in [3.63, 3.8) is 0 Å². The number of hydrogen-bond donors (Lipinski definition) is 1. The van der Waals surface area contributed by atoms with Gasteiger partial charge in [-0.15, -0.1) is 0 Å². The van der Waals surface area contributed by atoms with Crippen LogP contribution in [0.25, 0.3) is 0 Å². The third-order valence-corrected chi connectivity index (χ3v) is 2.13. The van der Waals surface area contributed by atoms with Crippen molar-refractivity contribution < 1.29 is 4.79 Å². The van der Waals surface area contributed by atoms with E-state index in [0.717, 1.165) is 13.1 Å². The molecule has 0 radical (unpaired) electrons. The van der Waals surface area contributed by atoms with Crippen molar-refractivity contribution in [2.45, 2.75) is 6.42 Å². The first-order valence-corrected chi connectivity index (χ1v) is 4.30. The first-order chi connectivity index (χ1) is 5.61. The topological polar surface area (TPSA) is 49.6 Å². The molecule has 1 fully saturated rings. The van der Waals surface area contributed by atoms with E-state index in [1.807, 2.05) is 0 Å². The molecule has 1 aliphatic rings. The molecule has 0 saturated carbocycles. The summed E-state index contributed by atoms with van der Waals surface area (Å²) >= 11 is 4.72.